The van der Waals surface area contributed by atoms with Crippen LogP contribution in [0.25, 0.3) is 0 Å². The minimum Gasteiger partial charge on any atom is -0.339 e. The Morgan fingerprint density at radius 1 is 1.29 bits per heavy atom. The summed E-state index contributed by atoms with van der Waals surface area (Å²) in [6.07, 6.45) is 6.71. The summed E-state index contributed by atoms with van der Waals surface area (Å²) in [5.74, 6) is 3.65. The zero-order valence-electron chi connectivity index (χ0n) is 14.1. The molecule has 1 aliphatic rings. The summed E-state index contributed by atoms with van der Waals surface area (Å²) in [5, 5.41) is 4.21. The summed E-state index contributed by atoms with van der Waals surface area (Å²) >= 11 is 0. The lowest BCUT2D eigenvalue weighted by Gasteiger charge is -2.30. The van der Waals surface area contributed by atoms with E-state index in [4.69, 9.17) is 10.3 Å². The second-order valence-corrected chi connectivity index (χ2v) is 7.84. The highest BCUT2D eigenvalue weighted by molar-refractivity contribution is 4.99. The minimum atomic E-state index is 0.281. The zero-order valence-corrected chi connectivity index (χ0v) is 14.1. The molecule has 2 rings (SSSR count). The third-order valence-corrected chi connectivity index (χ3v) is 4.99. The average Bonchev–Trinajstić information content (AvgIpc) is 3.01. The van der Waals surface area contributed by atoms with Gasteiger partial charge in [-0.25, -0.2) is 0 Å². The van der Waals surface area contributed by atoms with Gasteiger partial charge >= 0.3 is 0 Å². The van der Waals surface area contributed by atoms with Gasteiger partial charge in [0.15, 0.2) is 5.82 Å². The Morgan fingerprint density at radius 3 is 2.62 bits per heavy atom. The van der Waals surface area contributed by atoms with Crippen LogP contribution in [-0.4, -0.2) is 16.7 Å². The molecular weight excluding hydrogens is 262 g/mol. The summed E-state index contributed by atoms with van der Waals surface area (Å²) in [7, 11) is 0. The van der Waals surface area contributed by atoms with E-state index in [0.29, 0.717) is 11.8 Å². The largest absolute Gasteiger partial charge is 0.339 e. The summed E-state index contributed by atoms with van der Waals surface area (Å²) in [5.41, 5.74) is 6.02. The second kappa shape index (κ2) is 6.91. The maximum absolute atomic E-state index is 5.74. The van der Waals surface area contributed by atoms with E-state index >= 15 is 0 Å². The fourth-order valence-electron chi connectivity index (χ4n) is 3.49. The standard InChI is InChI=1S/C17H31N3O/c1-12-5-6-13(11-12)16-19-15(21-20-16)8-7-14(9-10-18)17(2,3)4/h12-14H,5-11,18H2,1-4H3. The molecule has 1 aromatic rings. The quantitative estimate of drug-likeness (QED) is 0.863. The van der Waals surface area contributed by atoms with Crippen molar-refractivity contribution in [3.05, 3.63) is 11.7 Å². The van der Waals surface area contributed by atoms with E-state index in [9.17, 15) is 0 Å². The number of nitrogens with two attached hydrogens (primary N) is 1. The molecule has 0 amide bonds. The van der Waals surface area contributed by atoms with Crippen LogP contribution in [0.3, 0.4) is 0 Å². The lowest BCUT2D eigenvalue weighted by Crippen LogP contribution is -2.24. The van der Waals surface area contributed by atoms with Gasteiger partial charge in [0.2, 0.25) is 5.89 Å². The van der Waals surface area contributed by atoms with Gasteiger partial charge in [-0.05, 0) is 55.9 Å². The summed E-state index contributed by atoms with van der Waals surface area (Å²) in [6.45, 7) is 9.91. The van der Waals surface area contributed by atoms with Gasteiger partial charge in [-0.15, -0.1) is 0 Å². The van der Waals surface area contributed by atoms with Crippen LogP contribution in [0, 0.1) is 17.3 Å². The summed E-state index contributed by atoms with van der Waals surface area (Å²) in [6, 6.07) is 0. The normalized spacial score (nSPS) is 24.4. The van der Waals surface area contributed by atoms with E-state index in [-0.39, 0.29) is 5.41 Å². The Balaban J connectivity index is 1.90. The first-order chi connectivity index (χ1) is 9.90. The molecular formula is C17H31N3O. The van der Waals surface area contributed by atoms with Crippen molar-refractivity contribution in [2.24, 2.45) is 23.0 Å². The highest BCUT2D eigenvalue weighted by Crippen LogP contribution is 2.37. The van der Waals surface area contributed by atoms with Crippen molar-refractivity contribution in [2.75, 3.05) is 6.54 Å². The molecule has 4 nitrogen and oxygen atoms in total. The highest BCUT2D eigenvalue weighted by Gasteiger charge is 2.28. The van der Waals surface area contributed by atoms with Crippen LogP contribution in [0.5, 0.6) is 0 Å². The predicted molar refractivity (Wildman–Crippen MR) is 85.0 cm³/mol. The van der Waals surface area contributed by atoms with Crippen molar-refractivity contribution >= 4 is 0 Å². The van der Waals surface area contributed by atoms with Crippen molar-refractivity contribution in [1.29, 1.82) is 0 Å². The van der Waals surface area contributed by atoms with Gasteiger partial charge in [0.05, 0.1) is 0 Å². The maximum atomic E-state index is 5.74. The van der Waals surface area contributed by atoms with Crippen molar-refractivity contribution < 1.29 is 4.52 Å². The molecule has 1 saturated carbocycles. The molecule has 3 unspecified atom stereocenters. The fourth-order valence-corrected chi connectivity index (χ4v) is 3.49. The number of nitrogens with zero attached hydrogens (tertiary/aromatic N) is 2. The van der Waals surface area contributed by atoms with Crippen LogP contribution in [0.2, 0.25) is 0 Å². The van der Waals surface area contributed by atoms with Crippen LogP contribution >= 0.6 is 0 Å². The Kier molecular flexibility index (Phi) is 5.42. The predicted octanol–water partition coefficient (Wildman–Crippen LogP) is 3.92. The molecule has 4 heteroatoms. The number of hydrogen-bond donors (Lipinski definition) is 1. The first-order valence-corrected chi connectivity index (χ1v) is 8.42. The van der Waals surface area contributed by atoms with Crippen LogP contribution in [0.4, 0.5) is 0 Å². The average molecular weight is 293 g/mol. The number of aromatic nitrogens is 2. The van der Waals surface area contributed by atoms with E-state index in [2.05, 4.69) is 37.8 Å². The molecule has 0 saturated heterocycles. The lowest BCUT2D eigenvalue weighted by molar-refractivity contribution is 0.208. The molecule has 1 heterocycles. The van der Waals surface area contributed by atoms with Gasteiger partial charge in [-0.2, -0.15) is 4.98 Å². The fraction of sp³-hybridized carbons (Fsp3) is 0.882. The van der Waals surface area contributed by atoms with Crippen LogP contribution in [0.1, 0.15) is 77.4 Å². The summed E-state index contributed by atoms with van der Waals surface area (Å²) < 4.78 is 5.46. The SMILES string of the molecule is CC1CCC(c2noc(CCC(CCN)C(C)(C)C)n2)C1. The molecule has 1 fully saturated rings. The molecule has 120 valence electrons. The van der Waals surface area contributed by atoms with E-state index in [1.807, 2.05) is 0 Å². The molecule has 0 aromatic carbocycles. The molecule has 0 bridgehead atoms. The zero-order chi connectivity index (χ0) is 15.5. The van der Waals surface area contributed by atoms with Crippen LogP contribution in [-0.2, 0) is 6.42 Å². The Labute approximate surface area is 128 Å². The first-order valence-electron chi connectivity index (χ1n) is 8.42. The van der Waals surface area contributed by atoms with Crippen molar-refractivity contribution in [2.45, 2.75) is 72.1 Å². The molecule has 2 N–H and O–H groups in total. The van der Waals surface area contributed by atoms with E-state index in [1.165, 1.54) is 19.3 Å². The van der Waals surface area contributed by atoms with Gasteiger partial charge < -0.3 is 10.3 Å². The summed E-state index contributed by atoms with van der Waals surface area (Å²) in [4.78, 5) is 4.63. The van der Waals surface area contributed by atoms with E-state index < -0.39 is 0 Å². The minimum absolute atomic E-state index is 0.281. The van der Waals surface area contributed by atoms with Gasteiger partial charge in [-0.3, -0.25) is 0 Å². The lowest BCUT2D eigenvalue weighted by atomic mass is 9.76. The van der Waals surface area contributed by atoms with Crippen molar-refractivity contribution in [3.63, 3.8) is 0 Å². The van der Waals surface area contributed by atoms with Gasteiger partial charge in [0.1, 0.15) is 0 Å². The monoisotopic (exact) mass is 293 g/mol. The first kappa shape index (κ1) is 16.5. The maximum Gasteiger partial charge on any atom is 0.226 e. The topological polar surface area (TPSA) is 64.9 Å². The third kappa shape index (κ3) is 4.53. The third-order valence-electron chi connectivity index (χ3n) is 4.99. The molecule has 1 aromatic heterocycles. The van der Waals surface area contributed by atoms with Crippen LogP contribution in [0.15, 0.2) is 4.52 Å². The molecule has 3 atom stereocenters. The Hall–Kier alpha value is -0.900. The Morgan fingerprint density at radius 2 is 2.05 bits per heavy atom. The second-order valence-electron chi connectivity index (χ2n) is 7.84. The molecule has 0 radical (unpaired) electrons. The van der Waals surface area contributed by atoms with Gasteiger partial charge in [-0.1, -0.05) is 32.9 Å². The van der Waals surface area contributed by atoms with Crippen LogP contribution < -0.4 is 5.73 Å². The highest BCUT2D eigenvalue weighted by atomic mass is 16.5. The van der Waals surface area contributed by atoms with Crippen molar-refractivity contribution in [3.8, 4) is 0 Å². The number of rotatable bonds is 6. The number of hydrogen-bond acceptors (Lipinski definition) is 4. The van der Waals surface area contributed by atoms with Gasteiger partial charge in [0.25, 0.3) is 0 Å². The molecule has 0 aliphatic heterocycles. The molecule has 0 spiro atoms. The molecule has 21 heavy (non-hydrogen) atoms. The van der Waals surface area contributed by atoms with E-state index in [0.717, 1.165) is 43.4 Å². The molecule has 1 aliphatic carbocycles. The number of aryl methyl sites for hydroxylation is 1. The Bertz CT molecular complexity index is 435. The smallest absolute Gasteiger partial charge is 0.226 e. The van der Waals surface area contributed by atoms with Crippen molar-refractivity contribution in [1.82, 2.24) is 10.1 Å². The van der Waals surface area contributed by atoms with Gasteiger partial charge in [0, 0.05) is 12.3 Å². The van der Waals surface area contributed by atoms with E-state index in [1.54, 1.807) is 0 Å².